The number of barbiturate groups is 1. The molecular weight excluding hydrogens is 274 g/mol. The molecule has 3 aliphatic rings. The van der Waals surface area contributed by atoms with Crippen molar-refractivity contribution in [3.63, 3.8) is 0 Å². The summed E-state index contributed by atoms with van der Waals surface area (Å²) in [5.41, 5.74) is -0.993. The summed E-state index contributed by atoms with van der Waals surface area (Å²) in [4.78, 5) is 39.9. The number of urea groups is 1. The smallest absolute Gasteiger partial charge is 0.330 e. The highest BCUT2D eigenvalue weighted by atomic mass is 16.5. The van der Waals surface area contributed by atoms with Gasteiger partial charge in [0.25, 0.3) is 0 Å². The highest BCUT2D eigenvalue weighted by Gasteiger charge is 2.57. The third kappa shape index (κ3) is 2.34. The van der Waals surface area contributed by atoms with E-state index in [-0.39, 0.29) is 18.6 Å². The third-order valence-electron chi connectivity index (χ3n) is 4.82. The van der Waals surface area contributed by atoms with Crippen molar-refractivity contribution >= 4 is 17.8 Å². The Kier molecular flexibility index (Phi) is 3.71. The summed E-state index contributed by atoms with van der Waals surface area (Å²) in [6.45, 7) is 5.39. The highest BCUT2D eigenvalue weighted by molar-refractivity contribution is 6.19. The van der Waals surface area contributed by atoms with Gasteiger partial charge in [-0.3, -0.25) is 24.7 Å². The topological polar surface area (TPSA) is 79.0 Å². The van der Waals surface area contributed by atoms with Crippen LogP contribution < -0.4 is 5.32 Å². The predicted molar refractivity (Wildman–Crippen MR) is 73.4 cm³/mol. The summed E-state index contributed by atoms with van der Waals surface area (Å²) in [7, 11) is 0. The second-order valence-corrected chi connectivity index (χ2v) is 6.00. The Balaban J connectivity index is 1.70. The van der Waals surface area contributed by atoms with E-state index < -0.39 is 17.4 Å². The van der Waals surface area contributed by atoms with Crippen LogP contribution in [0.3, 0.4) is 0 Å². The lowest BCUT2D eigenvalue weighted by molar-refractivity contribution is -0.159. The number of ether oxygens (including phenoxy) is 1. The van der Waals surface area contributed by atoms with Crippen LogP contribution in [0.1, 0.15) is 26.2 Å². The van der Waals surface area contributed by atoms with E-state index in [1.54, 1.807) is 0 Å². The molecule has 0 aromatic carbocycles. The number of nitrogens with zero attached hydrogens (tertiary/aromatic N) is 2. The Bertz CT molecular complexity index is 475. The van der Waals surface area contributed by atoms with E-state index in [1.807, 2.05) is 0 Å². The van der Waals surface area contributed by atoms with E-state index in [0.29, 0.717) is 26.0 Å². The minimum absolute atomic E-state index is 0.182. The van der Waals surface area contributed by atoms with Crippen LogP contribution in [0.2, 0.25) is 0 Å². The molecule has 7 nitrogen and oxygen atoms in total. The van der Waals surface area contributed by atoms with Crippen LogP contribution in [0.25, 0.3) is 0 Å². The van der Waals surface area contributed by atoms with Gasteiger partial charge >= 0.3 is 6.03 Å². The minimum atomic E-state index is -0.993. The van der Waals surface area contributed by atoms with Crippen LogP contribution in [0.5, 0.6) is 0 Å². The summed E-state index contributed by atoms with van der Waals surface area (Å²) < 4.78 is 5.66. The van der Waals surface area contributed by atoms with Gasteiger partial charge in [-0.15, -0.1) is 0 Å². The molecule has 0 bridgehead atoms. The maximum Gasteiger partial charge on any atom is 0.330 e. The fraction of sp³-hybridized carbons (Fsp3) is 0.786. The Labute approximate surface area is 123 Å². The Morgan fingerprint density at radius 1 is 1.33 bits per heavy atom. The molecule has 21 heavy (non-hydrogen) atoms. The van der Waals surface area contributed by atoms with E-state index in [9.17, 15) is 14.4 Å². The first-order chi connectivity index (χ1) is 10.1. The summed E-state index contributed by atoms with van der Waals surface area (Å²) >= 11 is 0. The lowest BCUT2D eigenvalue weighted by atomic mass is 9.66. The fourth-order valence-electron chi connectivity index (χ4n) is 3.25. The number of hydrogen-bond acceptors (Lipinski definition) is 5. The molecule has 4 amide bonds. The second kappa shape index (κ2) is 5.38. The summed E-state index contributed by atoms with van der Waals surface area (Å²) in [5, 5.41) is 2.33. The standard InChI is InChI=1S/C14H21N3O4/c1-2-16-6-7-21-10(8-16)9-17-12(19)14(4-3-5-14)11(18)15-13(17)20/h10H,2-9H2,1H3,(H,15,18,20). The van der Waals surface area contributed by atoms with Crippen molar-refractivity contribution < 1.29 is 19.1 Å². The molecule has 1 saturated carbocycles. The van der Waals surface area contributed by atoms with E-state index in [0.717, 1.165) is 19.5 Å². The molecule has 2 saturated heterocycles. The van der Waals surface area contributed by atoms with Crippen molar-refractivity contribution in [1.82, 2.24) is 15.1 Å². The molecule has 0 aromatic rings. The van der Waals surface area contributed by atoms with Gasteiger partial charge in [-0.05, 0) is 19.4 Å². The first kappa shape index (κ1) is 14.5. The van der Waals surface area contributed by atoms with Crippen molar-refractivity contribution in [2.45, 2.75) is 32.3 Å². The molecule has 1 unspecified atom stereocenters. The number of amides is 4. The maximum absolute atomic E-state index is 12.6. The predicted octanol–water partition coefficient (Wildman–Crippen LogP) is -0.0442. The van der Waals surface area contributed by atoms with Gasteiger partial charge in [-0.1, -0.05) is 13.3 Å². The number of imide groups is 2. The molecule has 1 aliphatic carbocycles. The van der Waals surface area contributed by atoms with Gasteiger partial charge in [0.15, 0.2) is 0 Å². The average Bonchev–Trinajstić information content (AvgIpc) is 2.42. The molecule has 116 valence electrons. The zero-order valence-corrected chi connectivity index (χ0v) is 12.3. The molecule has 1 spiro atoms. The number of morpholine rings is 1. The van der Waals surface area contributed by atoms with Crippen molar-refractivity contribution in [2.24, 2.45) is 5.41 Å². The zero-order chi connectivity index (χ0) is 15.0. The molecule has 0 aromatic heterocycles. The van der Waals surface area contributed by atoms with Crippen LogP contribution in [-0.4, -0.2) is 66.5 Å². The number of carbonyl (C=O) groups excluding carboxylic acids is 3. The number of hydrogen-bond donors (Lipinski definition) is 1. The Morgan fingerprint density at radius 2 is 2.10 bits per heavy atom. The van der Waals surface area contributed by atoms with Gasteiger partial charge in [0.2, 0.25) is 11.8 Å². The lowest BCUT2D eigenvalue weighted by Crippen LogP contribution is -2.67. The van der Waals surface area contributed by atoms with Crippen LogP contribution in [0.15, 0.2) is 0 Å². The van der Waals surface area contributed by atoms with E-state index in [1.165, 1.54) is 4.90 Å². The van der Waals surface area contributed by atoms with Crippen LogP contribution in [0, 0.1) is 5.41 Å². The van der Waals surface area contributed by atoms with Gasteiger partial charge in [-0.25, -0.2) is 4.79 Å². The van der Waals surface area contributed by atoms with Gasteiger partial charge < -0.3 is 4.74 Å². The van der Waals surface area contributed by atoms with Gasteiger partial charge in [-0.2, -0.15) is 0 Å². The molecule has 3 fully saturated rings. The quantitative estimate of drug-likeness (QED) is 0.739. The molecule has 1 atom stereocenters. The van der Waals surface area contributed by atoms with Crippen LogP contribution in [-0.2, 0) is 14.3 Å². The monoisotopic (exact) mass is 295 g/mol. The summed E-state index contributed by atoms with van der Waals surface area (Å²) in [5.74, 6) is -0.778. The van der Waals surface area contributed by atoms with E-state index in [4.69, 9.17) is 4.74 Å². The van der Waals surface area contributed by atoms with Crippen LogP contribution in [0.4, 0.5) is 4.79 Å². The molecule has 2 heterocycles. The van der Waals surface area contributed by atoms with Crippen molar-refractivity contribution in [2.75, 3.05) is 32.8 Å². The van der Waals surface area contributed by atoms with E-state index >= 15 is 0 Å². The minimum Gasteiger partial charge on any atom is -0.374 e. The number of likely N-dealkylation sites (N-methyl/N-ethyl adjacent to an activating group) is 1. The zero-order valence-electron chi connectivity index (χ0n) is 12.3. The average molecular weight is 295 g/mol. The maximum atomic E-state index is 12.6. The molecule has 1 N–H and O–H groups in total. The molecular formula is C14H21N3O4. The molecule has 0 radical (unpaired) electrons. The molecule has 7 heteroatoms. The number of nitrogens with one attached hydrogen (secondary N) is 1. The van der Waals surface area contributed by atoms with Crippen LogP contribution >= 0.6 is 0 Å². The first-order valence-electron chi connectivity index (χ1n) is 7.58. The normalized spacial score (nSPS) is 29.5. The summed E-state index contributed by atoms with van der Waals surface area (Å²) in [6.07, 6.45) is 1.74. The fourth-order valence-corrected chi connectivity index (χ4v) is 3.25. The largest absolute Gasteiger partial charge is 0.374 e. The number of rotatable bonds is 3. The van der Waals surface area contributed by atoms with Gasteiger partial charge in [0.1, 0.15) is 5.41 Å². The van der Waals surface area contributed by atoms with Crippen molar-refractivity contribution in [1.29, 1.82) is 0 Å². The highest BCUT2D eigenvalue weighted by Crippen LogP contribution is 2.44. The second-order valence-electron chi connectivity index (χ2n) is 6.00. The molecule has 2 aliphatic heterocycles. The molecule has 3 rings (SSSR count). The van der Waals surface area contributed by atoms with Crippen molar-refractivity contribution in [3.8, 4) is 0 Å². The first-order valence-corrected chi connectivity index (χ1v) is 7.58. The summed E-state index contributed by atoms with van der Waals surface area (Å²) in [6, 6.07) is -0.611. The number of carbonyl (C=O) groups is 3. The third-order valence-corrected chi connectivity index (χ3v) is 4.82. The Morgan fingerprint density at radius 3 is 2.71 bits per heavy atom. The van der Waals surface area contributed by atoms with Gasteiger partial charge in [0, 0.05) is 13.1 Å². The lowest BCUT2D eigenvalue weighted by Gasteiger charge is -2.45. The van der Waals surface area contributed by atoms with Gasteiger partial charge in [0.05, 0.1) is 19.3 Å². The van der Waals surface area contributed by atoms with E-state index in [2.05, 4.69) is 17.1 Å². The SMILES string of the molecule is CCN1CCOC(CN2C(=O)NC(=O)C3(CCC3)C2=O)C1. The van der Waals surface area contributed by atoms with Crippen molar-refractivity contribution in [3.05, 3.63) is 0 Å². The Hall–Kier alpha value is -1.47.